The predicted molar refractivity (Wildman–Crippen MR) is 112 cm³/mol. The number of rotatable bonds is 5. The summed E-state index contributed by atoms with van der Waals surface area (Å²) in [5.41, 5.74) is 0.317. The van der Waals surface area contributed by atoms with Crippen LogP contribution in [0.4, 0.5) is 8.78 Å². The Bertz CT molecular complexity index is 1220. The van der Waals surface area contributed by atoms with E-state index in [1.165, 1.54) is 19.1 Å². The van der Waals surface area contributed by atoms with Crippen LogP contribution in [0.1, 0.15) is 53.2 Å². The Morgan fingerprint density at radius 3 is 2.55 bits per heavy atom. The zero-order chi connectivity index (χ0) is 22.4. The van der Waals surface area contributed by atoms with Crippen LogP contribution in [0.15, 0.2) is 30.3 Å². The van der Waals surface area contributed by atoms with Gasteiger partial charge in [-0.15, -0.1) is 0 Å². The van der Waals surface area contributed by atoms with Crippen LogP contribution in [0.3, 0.4) is 0 Å². The summed E-state index contributed by atoms with van der Waals surface area (Å²) in [5, 5.41) is 19.9. The van der Waals surface area contributed by atoms with E-state index < -0.39 is 35.2 Å². The minimum absolute atomic E-state index is 0.0811. The second kappa shape index (κ2) is 7.96. The molecular weight excluding hydrogens is 428 g/mol. The number of aromatic hydroxyl groups is 1. The van der Waals surface area contributed by atoms with Gasteiger partial charge in [-0.25, -0.2) is 8.78 Å². The van der Waals surface area contributed by atoms with Crippen LogP contribution in [0.2, 0.25) is 5.02 Å². The average molecular weight is 448 g/mol. The second-order valence-electron chi connectivity index (χ2n) is 7.99. The Kier molecular flexibility index (Phi) is 5.47. The lowest BCUT2D eigenvalue weighted by Gasteiger charge is -2.28. The molecule has 0 radical (unpaired) electrons. The number of aliphatic carboxylic acids is 1. The van der Waals surface area contributed by atoms with E-state index in [4.69, 9.17) is 11.6 Å². The molecule has 1 aliphatic carbocycles. The van der Waals surface area contributed by atoms with Crippen LogP contribution in [0, 0.1) is 24.5 Å². The third kappa shape index (κ3) is 3.57. The van der Waals surface area contributed by atoms with Crippen LogP contribution in [-0.4, -0.2) is 26.7 Å². The van der Waals surface area contributed by atoms with Crippen molar-refractivity contribution in [2.24, 2.45) is 5.92 Å². The number of benzene rings is 2. The topological polar surface area (TPSA) is 79.5 Å². The molecule has 1 aliphatic rings. The molecule has 31 heavy (non-hydrogen) atoms. The number of nitrogens with zero attached hydrogens (tertiary/aromatic N) is 1. The number of carboxylic acids is 1. The fourth-order valence-corrected chi connectivity index (χ4v) is 4.54. The maximum absolute atomic E-state index is 15.1. The molecule has 2 aromatic carbocycles. The predicted octanol–water partition coefficient (Wildman–Crippen LogP) is 5.63. The molecule has 0 bridgehead atoms. The summed E-state index contributed by atoms with van der Waals surface area (Å²) in [6, 6.07) is 6.94. The van der Waals surface area contributed by atoms with Gasteiger partial charge >= 0.3 is 5.97 Å². The maximum atomic E-state index is 15.1. The molecule has 1 atom stereocenters. The molecule has 5 nitrogen and oxygen atoms in total. The van der Waals surface area contributed by atoms with Crippen LogP contribution in [-0.2, 0) is 4.79 Å². The number of carboxylic acid groups (broad SMARTS) is 1. The fraction of sp³-hybridized carbons (Fsp3) is 0.304. The van der Waals surface area contributed by atoms with Crippen molar-refractivity contribution in [1.82, 2.24) is 4.57 Å². The van der Waals surface area contributed by atoms with Crippen LogP contribution >= 0.6 is 11.6 Å². The first-order valence-corrected chi connectivity index (χ1v) is 10.3. The Morgan fingerprint density at radius 2 is 1.97 bits per heavy atom. The highest BCUT2D eigenvalue weighted by Crippen LogP contribution is 2.43. The van der Waals surface area contributed by atoms with Crippen molar-refractivity contribution < 1.29 is 28.6 Å². The van der Waals surface area contributed by atoms with E-state index in [1.807, 2.05) is 0 Å². The van der Waals surface area contributed by atoms with Crippen molar-refractivity contribution in [3.63, 3.8) is 0 Å². The average Bonchev–Trinajstić information content (AvgIpc) is 2.96. The van der Waals surface area contributed by atoms with E-state index in [9.17, 15) is 24.2 Å². The highest BCUT2D eigenvalue weighted by Gasteiger charge is 2.35. The molecule has 0 aliphatic heterocycles. The molecule has 4 rings (SSSR count). The number of phenolic OH excluding ortho intramolecular Hbond substituents is 1. The van der Waals surface area contributed by atoms with Gasteiger partial charge in [0.15, 0.2) is 17.4 Å². The molecule has 1 fully saturated rings. The van der Waals surface area contributed by atoms with E-state index in [2.05, 4.69) is 0 Å². The van der Waals surface area contributed by atoms with Gasteiger partial charge in [-0.3, -0.25) is 14.2 Å². The minimum Gasteiger partial charge on any atom is -0.503 e. The van der Waals surface area contributed by atoms with Gasteiger partial charge in [0.1, 0.15) is 0 Å². The van der Waals surface area contributed by atoms with E-state index in [0.717, 1.165) is 29.9 Å². The van der Waals surface area contributed by atoms with E-state index in [0.29, 0.717) is 5.02 Å². The zero-order valence-electron chi connectivity index (χ0n) is 16.7. The number of carbonyl (C=O) groups is 2. The molecule has 1 aromatic heterocycles. The molecule has 1 saturated carbocycles. The van der Waals surface area contributed by atoms with E-state index >= 15 is 4.39 Å². The molecule has 1 unspecified atom stereocenters. The van der Waals surface area contributed by atoms with E-state index in [-0.39, 0.29) is 40.1 Å². The monoisotopic (exact) mass is 447 g/mol. The Balaban J connectivity index is 2.00. The van der Waals surface area contributed by atoms with Crippen LogP contribution in [0.5, 0.6) is 5.75 Å². The number of phenols is 1. The normalized spacial score (nSPS) is 15.1. The summed E-state index contributed by atoms with van der Waals surface area (Å²) in [4.78, 5) is 25.4. The fourth-order valence-electron chi connectivity index (χ4n) is 4.35. The van der Waals surface area contributed by atoms with Crippen molar-refractivity contribution >= 4 is 34.4 Å². The summed E-state index contributed by atoms with van der Waals surface area (Å²) in [6.45, 7) is 1.50. The smallest absolute Gasteiger partial charge is 0.311 e. The number of halogens is 3. The lowest BCUT2D eigenvalue weighted by atomic mass is 9.76. The Hall–Kier alpha value is -2.93. The first-order chi connectivity index (χ1) is 14.7. The van der Waals surface area contributed by atoms with Gasteiger partial charge in [-0.2, -0.15) is 0 Å². The van der Waals surface area contributed by atoms with Gasteiger partial charge in [0.05, 0.1) is 11.4 Å². The molecule has 1 heterocycles. The molecule has 3 aromatic rings. The summed E-state index contributed by atoms with van der Waals surface area (Å²) in [7, 11) is 0. The number of hydrogen-bond donors (Lipinski definition) is 2. The molecular formula is C23H20ClF2NO4. The molecule has 2 N–H and O–H groups in total. The number of aromatic nitrogens is 1. The van der Waals surface area contributed by atoms with Gasteiger partial charge < -0.3 is 10.2 Å². The van der Waals surface area contributed by atoms with Crippen molar-refractivity contribution in [2.45, 2.75) is 38.5 Å². The van der Waals surface area contributed by atoms with Crippen molar-refractivity contribution in [3.8, 4) is 5.75 Å². The van der Waals surface area contributed by atoms with Crippen LogP contribution < -0.4 is 0 Å². The SMILES string of the molecule is Cc1c(C(CC2CCC2)C(=O)O)c2c(F)c(O)c(F)cc2n1C(=O)c1cccc(Cl)c1. The Labute approximate surface area is 181 Å². The number of carbonyl (C=O) groups excluding carboxylic acids is 1. The molecule has 162 valence electrons. The molecule has 0 amide bonds. The van der Waals surface area contributed by atoms with E-state index in [1.54, 1.807) is 12.1 Å². The highest BCUT2D eigenvalue weighted by molar-refractivity contribution is 6.31. The van der Waals surface area contributed by atoms with Gasteiger partial charge in [-0.1, -0.05) is 36.9 Å². The summed E-state index contributed by atoms with van der Waals surface area (Å²) >= 11 is 5.99. The number of hydrogen-bond acceptors (Lipinski definition) is 3. The largest absolute Gasteiger partial charge is 0.503 e. The molecule has 0 saturated heterocycles. The quantitative estimate of drug-likeness (QED) is 0.531. The third-order valence-corrected chi connectivity index (χ3v) is 6.36. The maximum Gasteiger partial charge on any atom is 0.311 e. The van der Waals surface area contributed by atoms with Crippen molar-refractivity contribution in [3.05, 3.63) is 63.8 Å². The van der Waals surface area contributed by atoms with Gasteiger partial charge in [0.25, 0.3) is 5.91 Å². The standard InChI is InChI=1S/C23H20ClF2NO4/c1-11-18(15(23(30)31)8-12-4-2-5-12)19-17(10-16(25)21(28)20(19)26)27(11)22(29)13-6-3-7-14(24)9-13/h3,6-7,9-10,12,15,28H,2,4-5,8H2,1H3,(H,30,31). The molecule has 8 heteroatoms. The van der Waals surface area contributed by atoms with Gasteiger partial charge in [-0.05, 0) is 43.0 Å². The first kappa shape index (κ1) is 21.3. The zero-order valence-corrected chi connectivity index (χ0v) is 17.4. The van der Waals surface area contributed by atoms with Gasteiger partial charge in [0, 0.05) is 27.7 Å². The summed E-state index contributed by atoms with van der Waals surface area (Å²) in [6.07, 6.45) is 3.04. The van der Waals surface area contributed by atoms with Crippen LogP contribution in [0.25, 0.3) is 10.9 Å². The van der Waals surface area contributed by atoms with Crippen molar-refractivity contribution in [1.29, 1.82) is 0 Å². The number of fused-ring (bicyclic) bond motifs is 1. The summed E-state index contributed by atoms with van der Waals surface area (Å²) in [5.74, 6) is -6.39. The third-order valence-electron chi connectivity index (χ3n) is 6.12. The summed E-state index contributed by atoms with van der Waals surface area (Å²) < 4.78 is 30.4. The molecule has 0 spiro atoms. The lowest BCUT2D eigenvalue weighted by molar-refractivity contribution is -0.139. The first-order valence-electron chi connectivity index (χ1n) is 9.95. The lowest BCUT2D eigenvalue weighted by Crippen LogP contribution is -2.21. The minimum atomic E-state index is -1.27. The van der Waals surface area contributed by atoms with Gasteiger partial charge in [0.2, 0.25) is 0 Å². The highest BCUT2D eigenvalue weighted by atomic mass is 35.5. The van der Waals surface area contributed by atoms with Crippen molar-refractivity contribution in [2.75, 3.05) is 0 Å². The Morgan fingerprint density at radius 1 is 1.26 bits per heavy atom. The second-order valence-corrected chi connectivity index (χ2v) is 8.42.